The van der Waals surface area contributed by atoms with Crippen LogP contribution in [0.3, 0.4) is 0 Å². The highest BCUT2D eigenvalue weighted by Crippen LogP contribution is 2.23. The molecule has 0 amide bonds. The molecule has 0 aliphatic carbocycles. The number of rotatable bonds is 11. The SMILES string of the molecule is O=S(=O)(CCCCCCCCCC(F)(F)F)Oc1ccccc1. The molecule has 0 saturated heterocycles. The smallest absolute Gasteiger partial charge is 0.382 e. The molecule has 0 spiro atoms. The topological polar surface area (TPSA) is 43.4 Å². The number of hydrogen-bond donors (Lipinski definition) is 0. The van der Waals surface area contributed by atoms with Crippen LogP contribution >= 0.6 is 0 Å². The van der Waals surface area contributed by atoms with Crippen molar-refractivity contribution in [3.05, 3.63) is 30.3 Å². The van der Waals surface area contributed by atoms with Gasteiger partial charge in [-0.1, -0.05) is 50.3 Å². The first-order valence-electron chi connectivity index (χ1n) is 7.82. The van der Waals surface area contributed by atoms with E-state index in [1.807, 2.05) is 0 Å². The van der Waals surface area contributed by atoms with Crippen molar-refractivity contribution < 1.29 is 25.8 Å². The molecule has 1 aromatic carbocycles. The minimum Gasteiger partial charge on any atom is -0.382 e. The molecular weight excluding hydrogens is 329 g/mol. The van der Waals surface area contributed by atoms with E-state index in [1.54, 1.807) is 30.3 Å². The zero-order chi connectivity index (χ0) is 17.2. The van der Waals surface area contributed by atoms with Crippen molar-refractivity contribution in [2.24, 2.45) is 0 Å². The molecule has 0 bridgehead atoms. The molecule has 132 valence electrons. The van der Waals surface area contributed by atoms with E-state index in [0.717, 1.165) is 25.7 Å². The molecular formula is C16H23F3O3S. The Balaban J connectivity index is 2.04. The normalized spacial score (nSPS) is 12.3. The highest BCUT2D eigenvalue weighted by atomic mass is 32.2. The predicted octanol–water partition coefficient (Wildman–Crippen LogP) is 5.08. The number of alkyl halides is 3. The van der Waals surface area contributed by atoms with E-state index in [9.17, 15) is 21.6 Å². The summed E-state index contributed by atoms with van der Waals surface area (Å²) in [7, 11) is -3.58. The molecule has 0 radical (unpaired) electrons. The van der Waals surface area contributed by atoms with Gasteiger partial charge in [0.1, 0.15) is 5.75 Å². The van der Waals surface area contributed by atoms with Crippen molar-refractivity contribution in [2.75, 3.05) is 5.75 Å². The van der Waals surface area contributed by atoms with Crippen molar-refractivity contribution >= 4 is 10.1 Å². The van der Waals surface area contributed by atoms with Gasteiger partial charge in [0.05, 0.1) is 5.75 Å². The van der Waals surface area contributed by atoms with E-state index in [2.05, 4.69) is 0 Å². The highest BCUT2D eigenvalue weighted by molar-refractivity contribution is 7.87. The van der Waals surface area contributed by atoms with Crippen LogP contribution in [-0.4, -0.2) is 20.3 Å². The second-order valence-corrected chi connectivity index (χ2v) is 7.19. The van der Waals surface area contributed by atoms with Gasteiger partial charge in [-0.05, 0) is 25.0 Å². The summed E-state index contributed by atoms with van der Waals surface area (Å²) >= 11 is 0. The maximum absolute atomic E-state index is 11.9. The summed E-state index contributed by atoms with van der Waals surface area (Å²) in [6, 6.07) is 8.33. The van der Waals surface area contributed by atoms with E-state index in [1.165, 1.54) is 0 Å². The lowest BCUT2D eigenvalue weighted by atomic mass is 10.1. The molecule has 0 atom stereocenters. The van der Waals surface area contributed by atoms with Gasteiger partial charge in [0, 0.05) is 6.42 Å². The van der Waals surface area contributed by atoms with Gasteiger partial charge in [0.25, 0.3) is 0 Å². The molecule has 0 aromatic heterocycles. The van der Waals surface area contributed by atoms with E-state index in [0.29, 0.717) is 18.6 Å². The summed E-state index contributed by atoms with van der Waals surface area (Å²) in [5.74, 6) is 0.257. The Hall–Kier alpha value is -1.24. The molecule has 1 rings (SSSR count). The summed E-state index contributed by atoms with van der Waals surface area (Å²) in [5, 5.41) is 0. The monoisotopic (exact) mass is 352 g/mol. The number of benzene rings is 1. The summed E-state index contributed by atoms with van der Waals surface area (Å²) in [6.45, 7) is 0. The summed E-state index contributed by atoms with van der Waals surface area (Å²) < 4.78 is 64.2. The van der Waals surface area contributed by atoms with E-state index < -0.39 is 22.7 Å². The zero-order valence-corrected chi connectivity index (χ0v) is 13.8. The van der Waals surface area contributed by atoms with Crippen LogP contribution < -0.4 is 4.18 Å². The molecule has 0 N–H and O–H groups in total. The Morgan fingerprint density at radius 1 is 0.826 bits per heavy atom. The summed E-state index contributed by atoms with van der Waals surface area (Å²) in [4.78, 5) is 0. The minimum absolute atomic E-state index is 0.0457. The number of halogens is 3. The van der Waals surface area contributed by atoms with E-state index >= 15 is 0 Å². The van der Waals surface area contributed by atoms with Gasteiger partial charge in [-0.2, -0.15) is 21.6 Å². The molecule has 0 heterocycles. The number of unbranched alkanes of at least 4 members (excludes halogenated alkanes) is 6. The van der Waals surface area contributed by atoms with Gasteiger partial charge in [-0.15, -0.1) is 0 Å². The summed E-state index contributed by atoms with van der Waals surface area (Å²) in [6.07, 6.45) is -0.408. The number of hydrogen-bond acceptors (Lipinski definition) is 3. The fraction of sp³-hybridized carbons (Fsp3) is 0.625. The fourth-order valence-electron chi connectivity index (χ4n) is 2.15. The van der Waals surface area contributed by atoms with Crippen LogP contribution in [0.2, 0.25) is 0 Å². The Kier molecular flexibility index (Phi) is 8.44. The highest BCUT2D eigenvalue weighted by Gasteiger charge is 2.25. The minimum atomic E-state index is -4.06. The lowest BCUT2D eigenvalue weighted by molar-refractivity contribution is -0.135. The molecule has 0 aliphatic heterocycles. The van der Waals surface area contributed by atoms with Crippen LogP contribution in [0.4, 0.5) is 13.2 Å². The first kappa shape index (κ1) is 19.8. The van der Waals surface area contributed by atoms with Crippen LogP contribution in [0.25, 0.3) is 0 Å². The molecule has 23 heavy (non-hydrogen) atoms. The predicted molar refractivity (Wildman–Crippen MR) is 83.8 cm³/mol. The van der Waals surface area contributed by atoms with Gasteiger partial charge in [-0.3, -0.25) is 0 Å². The van der Waals surface area contributed by atoms with Gasteiger partial charge < -0.3 is 4.18 Å². The zero-order valence-electron chi connectivity index (χ0n) is 13.0. The molecule has 7 heteroatoms. The molecule has 0 fully saturated rings. The Morgan fingerprint density at radius 2 is 1.35 bits per heavy atom. The molecule has 1 aromatic rings. The molecule has 0 aliphatic rings. The molecule has 3 nitrogen and oxygen atoms in total. The average Bonchev–Trinajstić information content (AvgIpc) is 2.45. The lowest BCUT2D eigenvalue weighted by Crippen LogP contribution is -2.13. The first-order valence-corrected chi connectivity index (χ1v) is 9.40. The van der Waals surface area contributed by atoms with Crippen molar-refractivity contribution in [3.63, 3.8) is 0 Å². The second kappa shape index (κ2) is 9.80. The number of para-hydroxylation sites is 1. The molecule has 0 unspecified atom stereocenters. The fourth-order valence-corrected chi connectivity index (χ4v) is 3.20. The Morgan fingerprint density at radius 3 is 1.91 bits per heavy atom. The van der Waals surface area contributed by atoms with Crippen LogP contribution in [-0.2, 0) is 10.1 Å². The summed E-state index contributed by atoms with van der Waals surface area (Å²) in [5.41, 5.74) is 0. The third-order valence-electron chi connectivity index (χ3n) is 3.32. The molecule has 0 saturated carbocycles. The Labute approximate surface area is 136 Å². The van der Waals surface area contributed by atoms with Crippen LogP contribution in [0, 0.1) is 0 Å². The van der Waals surface area contributed by atoms with Crippen molar-refractivity contribution in [1.82, 2.24) is 0 Å². The quantitative estimate of drug-likeness (QED) is 0.412. The Bertz CT molecular complexity index is 527. The van der Waals surface area contributed by atoms with Crippen LogP contribution in [0.5, 0.6) is 5.75 Å². The van der Waals surface area contributed by atoms with Crippen molar-refractivity contribution in [1.29, 1.82) is 0 Å². The van der Waals surface area contributed by atoms with Gasteiger partial charge >= 0.3 is 16.3 Å². The van der Waals surface area contributed by atoms with Crippen LogP contribution in [0.1, 0.15) is 51.4 Å². The average molecular weight is 352 g/mol. The maximum atomic E-state index is 11.9. The van der Waals surface area contributed by atoms with Gasteiger partial charge in [0.2, 0.25) is 0 Å². The maximum Gasteiger partial charge on any atom is 0.389 e. The van der Waals surface area contributed by atoms with Gasteiger partial charge in [-0.25, -0.2) is 0 Å². The third-order valence-corrected chi connectivity index (χ3v) is 4.56. The van der Waals surface area contributed by atoms with Crippen molar-refractivity contribution in [3.8, 4) is 5.75 Å². The second-order valence-electron chi connectivity index (χ2n) is 5.50. The third kappa shape index (κ3) is 11.0. The van der Waals surface area contributed by atoms with E-state index in [4.69, 9.17) is 4.18 Å². The standard InChI is InChI=1S/C16H23F3O3S/c17-16(18,19)13-9-4-2-1-3-5-10-14-23(20,21)22-15-11-7-6-8-12-15/h6-8,11-12H,1-5,9-10,13-14H2. The first-order chi connectivity index (χ1) is 10.8. The van der Waals surface area contributed by atoms with Gasteiger partial charge in [0.15, 0.2) is 0 Å². The largest absolute Gasteiger partial charge is 0.389 e. The lowest BCUT2D eigenvalue weighted by Gasteiger charge is -2.07. The van der Waals surface area contributed by atoms with E-state index in [-0.39, 0.29) is 12.2 Å². The van der Waals surface area contributed by atoms with Crippen molar-refractivity contribution in [2.45, 2.75) is 57.5 Å². The van der Waals surface area contributed by atoms with Crippen LogP contribution in [0.15, 0.2) is 30.3 Å².